The molecule has 1 unspecified atom stereocenters. The summed E-state index contributed by atoms with van der Waals surface area (Å²) in [6.07, 6.45) is 7.15. The molecule has 4 N–H and O–H groups in total. The summed E-state index contributed by atoms with van der Waals surface area (Å²) in [5.41, 5.74) is 16.0. The smallest absolute Gasteiger partial charge is 0.306 e. The summed E-state index contributed by atoms with van der Waals surface area (Å²) >= 11 is 0. The van der Waals surface area contributed by atoms with E-state index in [-0.39, 0.29) is 35.5 Å². The second-order valence-electron chi connectivity index (χ2n) is 9.28. The van der Waals surface area contributed by atoms with Gasteiger partial charge in [0.2, 0.25) is 0 Å². The molecular weight excluding hydrogens is 488 g/mol. The maximum atomic E-state index is 14.3. The fourth-order valence-electron chi connectivity index (χ4n) is 4.63. The summed E-state index contributed by atoms with van der Waals surface area (Å²) in [4.78, 5) is 25.1. The predicted molar refractivity (Wildman–Crippen MR) is 141 cm³/mol. The number of nitrogens with zero attached hydrogens (tertiary/aromatic N) is 3. The third-order valence-electron chi connectivity index (χ3n) is 6.68. The predicted octanol–water partition coefficient (Wildman–Crippen LogP) is 5.04. The highest BCUT2D eigenvalue weighted by molar-refractivity contribution is 5.69. The highest BCUT2D eigenvalue weighted by Gasteiger charge is 2.28. The van der Waals surface area contributed by atoms with E-state index in [9.17, 15) is 13.6 Å². The third-order valence-corrected chi connectivity index (χ3v) is 6.68. The zero-order chi connectivity index (χ0) is 27.2. The molecule has 1 aliphatic carbocycles. The largest absolute Gasteiger partial charge is 0.466 e. The molecule has 0 saturated carbocycles. The SMILES string of the molecule is CCOC(=O)CCc1ncc(-c2cccc(C3CC[C@H](C)C(/C=C(\N)c4c(F)cccc4F)=C3N)n2)cn1. The number of aromatic nitrogens is 3. The second kappa shape index (κ2) is 11.9. The Kier molecular flexibility index (Phi) is 8.45. The van der Waals surface area contributed by atoms with Crippen molar-refractivity contribution in [2.75, 3.05) is 6.61 Å². The third kappa shape index (κ3) is 6.04. The number of esters is 1. The van der Waals surface area contributed by atoms with E-state index in [2.05, 4.69) is 9.97 Å². The van der Waals surface area contributed by atoms with Crippen molar-refractivity contribution in [2.24, 2.45) is 17.4 Å². The van der Waals surface area contributed by atoms with E-state index in [1.807, 2.05) is 25.1 Å². The fraction of sp³-hybridized carbons (Fsp3) is 0.310. The van der Waals surface area contributed by atoms with Gasteiger partial charge in [-0.15, -0.1) is 0 Å². The van der Waals surface area contributed by atoms with Crippen LogP contribution in [0.2, 0.25) is 0 Å². The van der Waals surface area contributed by atoms with Gasteiger partial charge in [0.15, 0.2) is 0 Å². The summed E-state index contributed by atoms with van der Waals surface area (Å²) in [5, 5.41) is 0. The lowest BCUT2D eigenvalue weighted by atomic mass is 9.78. The van der Waals surface area contributed by atoms with Crippen LogP contribution < -0.4 is 11.5 Å². The van der Waals surface area contributed by atoms with Crippen LogP contribution in [-0.2, 0) is 16.0 Å². The molecule has 9 heteroatoms. The molecule has 1 aromatic carbocycles. The molecular formula is C29H31F2N5O2. The first kappa shape index (κ1) is 26.9. The van der Waals surface area contributed by atoms with Crippen LogP contribution in [0.15, 0.2) is 66.1 Å². The molecule has 2 aromatic heterocycles. The number of hydrogen-bond donors (Lipinski definition) is 2. The van der Waals surface area contributed by atoms with Gasteiger partial charge in [-0.3, -0.25) is 9.78 Å². The molecule has 1 aliphatic rings. The van der Waals surface area contributed by atoms with Crippen molar-refractivity contribution in [3.8, 4) is 11.3 Å². The van der Waals surface area contributed by atoms with Gasteiger partial charge in [-0.1, -0.05) is 19.1 Å². The number of pyridine rings is 1. The van der Waals surface area contributed by atoms with Crippen molar-refractivity contribution in [1.82, 2.24) is 15.0 Å². The van der Waals surface area contributed by atoms with Crippen molar-refractivity contribution in [3.05, 3.63) is 94.9 Å². The van der Waals surface area contributed by atoms with Crippen molar-refractivity contribution in [3.63, 3.8) is 0 Å². The Morgan fingerprint density at radius 1 is 1.11 bits per heavy atom. The van der Waals surface area contributed by atoms with Gasteiger partial charge in [-0.2, -0.15) is 0 Å². The van der Waals surface area contributed by atoms with Crippen molar-refractivity contribution >= 4 is 11.7 Å². The van der Waals surface area contributed by atoms with Gasteiger partial charge in [0.25, 0.3) is 0 Å². The zero-order valence-corrected chi connectivity index (χ0v) is 21.5. The van der Waals surface area contributed by atoms with E-state index in [4.69, 9.17) is 21.2 Å². The minimum Gasteiger partial charge on any atom is -0.466 e. The lowest BCUT2D eigenvalue weighted by molar-refractivity contribution is -0.143. The molecule has 0 aliphatic heterocycles. The van der Waals surface area contributed by atoms with E-state index < -0.39 is 11.6 Å². The van der Waals surface area contributed by atoms with E-state index in [0.29, 0.717) is 30.2 Å². The molecule has 0 bridgehead atoms. The first-order chi connectivity index (χ1) is 18.3. The number of nitrogens with two attached hydrogens (primary N) is 2. The molecule has 2 heterocycles. The second-order valence-corrected chi connectivity index (χ2v) is 9.28. The summed E-state index contributed by atoms with van der Waals surface area (Å²) in [7, 11) is 0. The Hall–Kier alpha value is -4.14. The summed E-state index contributed by atoms with van der Waals surface area (Å²) in [6.45, 7) is 4.13. The van der Waals surface area contributed by atoms with Crippen LogP contribution in [0.5, 0.6) is 0 Å². The lowest BCUT2D eigenvalue weighted by Gasteiger charge is -2.29. The molecule has 4 rings (SSSR count). The maximum absolute atomic E-state index is 14.3. The van der Waals surface area contributed by atoms with E-state index >= 15 is 0 Å². The standard InChI is InChI=1S/C29H31F2N5O2/c1-3-38-27(37)13-12-26-34-15-18(16-35-26)24-8-5-9-25(36-24)19-11-10-17(2)20(29(19)33)14-23(32)28-21(30)6-4-7-22(28)31/h4-9,14-17,19H,3,10-13,32-33H2,1-2H3/b23-14-/t17-,19?/m0/s1. The van der Waals surface area contributed by atoms with Crippen LogP contribution in [0.4, 0.5) is 8.78 Å². The summed E-state index contributed by atoms with van der Waals surface area (Å²) in [5.74, 6) is -1.29. The highest BCUT2D eigenvalue weighted by atomic mass is 19.1. The molecule has 2 atom stereocenters. The van der Waals surface area contributed by atoms with E-state index in [1.165, 1.54) is 18.2 Å². The molecule has 0 radical (unpaired) electrons. The number of benzene rings is 1. The number of aryl methyl sites for hydroxylation is 1. The van der Waals surface area contributed by atoms with Crippen LogP contribution in [0.1, 0.15) is 56.1 Å². The molecule has 3 aromatic rings. The molecule has 0 amide bonds. The number of carbonyl (C=O) groups excluding carboxylic acids is 1. The molecule has 0 saturated heterocycles. The number of allylic oxidation sites excluding steroid dienone is 3. The van der Waals surface area contributed by atoms with E-state index in [1.54, 1.807) is 25.4 Å². The quantitative estimate of drug-likeness (QED) is 0.401. The number of ether oxygens (including phenoxy) is 1. The van der Waals surface area contributed by atoms with Crippen molar-refractivity contribution < 1.29 is 18.3 Å². The Bertz CT molecular complexity index is 1350. The van der Waals surface area contributed by atoms with Gasteiger partial charge >= 0.3 is 5.97 Å². The summed E-state index contributed by atoms with van der Waals surface area (Å²) < 4.78 is 33.5. The Morgan fingerprint density at radius 2 is 1.79 bits per heavy atom. The van der Waals surface area contributed by atoms with Crippen LogP contribution in [0, 0.1) is 17.6 Å². The molecule has 38 heavy (non-hydrogen) atoms. The number of hydrogen-bond acceptors (Lipinski definition) is 7. The highest BCUT2D eigenvalue weighted by Crippen LogP contribution is 2.39. The van der Waals surface area contributed by atoms with Gasteiger partial charge in [-0.05, 0) is 61.6 Å². The number of halogens is 2. The van der Waals surface area contributed by atoms with E-state index in [0.717, 1.165) is 29.7 Å². The average molecular weight is 520 g/mol. The van der Waals surface area contributed by atoms with Crippen LogP contribution in [-0.4, -0.2) is 27.5 Å². The first-order valence-corrected chi connectivity index (χ1v) is 12.6. The Labute approximate surface area is 220 Å². The minimum atomic E-state index is -0.721. The molecule has 198 valence electrons. The number of rotatable bonds is 8. The lowest BCUT2D eigenvalue weighted by Crippen LogP contribution is -2.23. The normalized spacial score (nSPS) is 17.9. The van der Waals surface area contributed by atoms with Gasteiger partial charge in [0.1, 0.15) is 17.5 Å². The number of carbonyl (C=O) groups is 1. The fourth-order valence-corrected chi connectivity index (χ4v) is 4.63. The van der Waals surface area contributed by atoms with Crippen LogP contribution >= 0.6 is 0 Å². The summed E-state index contributed by atoms with van der Waals surface area (Å²) in [6, 6.07) is 9.33. The minimum absolute atomic E-state index is 0.00652. The Morgan fingerprint density at radius 3 is 2.47 bits per heavy atom. The monoisotopic (exact) mass is 519 g/mol. The average Bonchev–Trinajstić information content (AvgIpc) is 2.90. The topological polar surface area (TPSA) is 117 Å². The van der Waals surface area contributed by atoms with Gasteiger partial charge in [0.05, 0.1) is 30.0 Å². The van der Waals surface area contributed by atoms with Gasteiger partial charge in [0, 0.05) is 41.7 Å². The first-order valence-electron chi connectivity index (χ1n) is 12.6. The van der Waals surface area contributed by atoms with Crippen LogP contribution in [0.25, 0.3) is 17.0 Å². The maximum Gasteiger partial charge on any atom is 0.306 e. The van der Waals surface area contributed by atoms with Crippen molar-refractivity contribution in [1.29, 1.82) is 0 Å². The molecule has 0 spiro atoms. The molecule has 7 nitrogen and oxygen atoms in total. The van der Waals surface area contributed by atoms with Gasteiger partial charge in [-0.25, -0.2) is 18.7 Å². The zero-order valence-electron chi connectivity index (χ0n) is 21.5. The van der Waals surface area contributed by atoms with Crippen LogP contribution in [0.3, 0.4) is 0 Å². The molecule has 0 fully saturated rings. The van der Waals surface area contributed by atoms with Gasteiger partial charge < -0.3 is 16.2 Å². The Balaban J connectivity index is 1.58. The van der Waals surface area contributed by atoms with Crippen molar-refractivity contribution in [2.45, 2.75) is 45.4 Å².